The van der Waals surface area contributed by atoms with E-state index in [1.165, 1.54) is 34.8 Å². The van der Waals surface area contributed by atoms with Crippen LogP contribution in [0.25, 0.3) is 0 Å². The van der Waals surface area contributed by atoms with Crippen molar-refractivity contribution in [2.75, 3.05) is 0 Å². The lowest BCUT2D eigenvalue weighted by Crippen LogP contribution is -2.76. The Kier molecular flexibility index (Phi) is 3.97. The monoisotopic (exact) mass is 460 g/mol. The van der Waals surface area contributed by atoms with Crippen LogP contribution in [-0.2, 0) is 28.6 Å². The number of fused-ring (bicyclic) bond motifs is 3. The Labute approximate surface area is 186 Å². The van der Waals surface area contributed by atoms with Crippen LogP contribution in [0.4, 0.5) is 0 Å². The molecule has 5 saturated heterocycles. The molecule has 7 heterocycles. The second-order valence-electron chi connectivity index (χ2n) is 8.58. The Morgan fingerprint density at radius 1 is 1.00 bits per heavy atom. The number of piperazine rings is 1. The van der Waals surface area contributed by atoms with E-state index in [0.29, 0.717) is 12.8 Å². The summed E-state index contributed by atoms with van der Waals surface area (Å²) < 4.78 is 16.5. The molecule has 8 nitrogen and oxygen atoms in total. The molecule has 162 valence electrons. The first-order valence-electron chi connectivity index (χ1n) is 10.1. The van der Waals surface area contributed by atoms with Crippen molar-refractivity contribution in [2.24, 2.45) is 5.92 Å². The maximum absolute atomic E-state index is 14.1. The van der Waals surface area contributed by atoms with Crippen molar-refractivity contribution in [2.45, 2.75) is 54.6 Å². The van der Waals surface area contributed by atoms with Crippen LogP contribution in [0.1, 0.15) is 26.7 Å². The van der Waals surface area contributed by atoms with Gasteiger partial charge in [0.2, 0.25) is 0 Å². The van der Waals surface area contributed by atoms with Crippen molar-refractivity contribution in [3.63, 3.8) is 0 Å². The number of carbonyl (C=O) groups is 3. The van der Waals surface area contributed by atoms with Gasteiger partial charge in [-0.3, -0.25) is 14.4 Å². The van der Waals surface area contributed by atoms with E-state index in [4.69, 9.17) is 14.2 Å². The summed E-state index contributed by atoms with van der Waals surface area (Å²) in [6, 6.07) is -0.790. The number of amides is 2. The quantitative estimate of drug-likeness (QED) is 0.436. The number of hydrogen-bond donors (Lipinski definition) is 0. The zero-order valence-electron chi connectivity index (χ0n) is 16.8. The number of hydrogen-bond acceptors (Lipinski definition) is 8. The number of ether oxygens (including phenoxy) is 3. The molecule has 2 bridgehead atoms. The highest BCUT2D eigenvalue weighted by Gasteiger charge is 2.77. The zero-order valence-corrected chi connectivity index (χ0v) is 18.5. The van der Waals surface area contributed by atoms with Crippen molar-refractivity contribution in [1.29, 1.82) is 0 Å². The van der Waals surface area contributed by atoms with Gasteiger partial charge in [-0.15, -0.1) is 0 Å². The molecule has 0 aromatic carbocycles. The van der Waals surface area contributed by atoms with Gasteiger partial charge in [0, 0.05) is 25.7 Å². The van der Waals surface area contributed by atoms with E-state index in [2.05, 4.69) is 0 Å². The zero-order chi connectivity index (χ0) is 21.5. The molecule has 0 saturated carbocycles. The Hall–Kier alpha value is -2.33. The summed E-state index contributed by atoms with van der Waals surface area (Å²) >= 11 is 0. The maximum Gasteiger partial charge on any atom is 0.303 e. The highest BCUT2D eigenvalue weighted by molar-refractivity contribution is 8.78. The van der Waals surface area contributed by atoms with Gasteiger partial charge < -0.3 is 24.0 Å². The Bertz CT molecular complexity index is 1040. The first kappa shape index (κ1) is 19.4. The molecule has 10 heteroatoms. The summed E-state index contributed by atoms with van der Waals surface area (Å²) in [5.41, 5.74) is 1.72. The third kappa shape index (κ3) is 2.32. The SMILES string of the molecule is CC(=O)O[C@H]1C=COC=C2C[C@@]34SS[C@]5(CC6=COC=C[C@H](C)[C@H]6N5C3=O)C(=O)N4[C@@H]21. The molecule has 0 N–H and O–H groups in total. The number of esters is 1. The van der Waals surface area contributed by atoms with Gasteiger partial charge in [0.1, 0.15) is 6.10 Å². The molecule has 7 aliphatic rings. The third-order valence-electron chi connectivity index (χ3n) is 6.76. The normalized spacial score (nSPS) is 41.7. The van der Waals surface area contributed by atoms with Crippen molar-refractivity contribution >= 4 is 39.4 Å². The Balaban J connectivity index is 1.49. The van der Waals surface area contributed by atoms with Crippen LogP contribution in [0.2, 0.25) is 0 Å². The van der Waals surface area contributed by atoms with Crippen LogP contribution >= 0.6 is 21.6 Å². The largest absolute Gasteiger partial charge is 0.473 e. The predicted molar refractivity (Wildman–Crippen MR) is 112 cm³/mol. The van der Waals surface area contributed by atoms with Crippen molar-refractivity contribution in [3.05, 3.63) is 48.3 Å². The minimum atomic E-state index is -1.08. The van der Waals surface area contributed by atoms with Gasteiger partial charge in [-0.1, -0.05) is 28.5 Å². The average Bonchev–Trinajstić information content (AvgIpc) is 3.11. The highest BCUT2D eigenvalue weighted by atomic mass is 33.1. The van der Waals surface area contributed by atoms with Gasteiger partial charge in [0.05, 0.1) is 37.1 Å². The van der Waals surface area contributed by atoms with Crippen LogP contribution in [0.5, 0.6) is 0 Å². The summed E-state index contributed by atoms with van der Waals surface area (Å²) in [5, 5.41) is 0. The molecule has 0 aromatic rings. The fourth-order valence-corrected chi connectivity index (χ4v) is 9.29. The Morgan fingerprint density at radius 2 is 1.55 bits per heavy atom. The van der Waals surface area contributed by atoms with Gasteiger partial charge >= 0.3 is 5.97 Å². The number of nitrogens with zero attached hydrogens (tertiary/aromatic N) is 2. The van der Waals surface area contributed by atoms with E-state index < -0.39 is 27.9 Å². The number of rotatable bonds is 1. The fourth-order valence-electron chi connectivity index (χ4n) is 5.58. The number of carbonyl (C=O) groups excluding carboxylic acids is 3. The van der Waals surface area contributed by atoms with Crippen molar-refractivity contribution in [1.82, 2.24) is 9.80 Å². The van der Waals surface area contributed by atoms with E-state index in [9.17, 15) is 14.4 Å². The molecule has 0 aliphatic carbocycles. The van der Waals surface area contributed by atoms with Crippen molar-refractivity contribution < 1.29 is 28.6 Å². The summed E-state index contributed by atoms with van der Waals surface area (Å²) in [5.74, 6) is -0.635. The van der Waals surface area contributed by atoms with E-state index in [1.54, 1.807) is 34.7 Å². The first-order valence-corrected chi connectivity index (χ1v) is 12.3. The van der Waals surface area contributed by atoms with E-state index >= 15 is 0 Å². The Morgan fingerprint density at radius 3 is 2.16 bits per heavy atom. The standard InChI is InChI=1S/C21H20N2O6S2/c1-11-3-5-27-9-13-7-20-19(26)23-17-14(10-28-6-4-15(17)29-12(2)24)8-21(23,31-30-20)18(25)22(20)16(11)13/h3-6,9-11,15-17H,7-8H2,1-2H3/t11-,15-,16+,17-,20+,21+/m0/s1. The maximum atomic E-state index is 14.1. The lowest BCUT2D eigenvalue weighted by atomic mass is 9.95. The molecule has 0 unspecified atom stereocenters. The molecule has 7 aliphatic heterocycles. The minimum Gasteiger partial charge on any atom is -0.473 e. The predicted octanol–water partition coefficient (Wildman–Crippen LogP) is 2.41. The molecule has 2 amide bonds. The molecule has 0 aromatic heterocycles. The van der Waals surface area contributed by atoms with Gasteiger partial charge in [-0.25, -0.2) is 0 Å². The lowest BCUT2D eigenvalue weighted by molar-refractivity contribution is -0.169. The smallest absolute Gasteiger partial charge is 0.303 e. The minimum absolute atomic E-state index is 0.0193. The summed E-state index contributed by atoms with van der Waals surface area (Å²) in [4.78, 5) is 41.3. The second-order valence-corrected chi connectivity index (χ2v) is 11.3. The van der Waals surface area contributed by atoms with Gasteiger partial charge in [0.25, 0.3) is 11.8 Å². The van der Waals surface area contributed by atoms with Gasteiger partial charge in [0.15, 0.2) is 9.74 Å². The van der Waals surface area contributed by atoms with Crippen LogP contribution in [-0.4, -0.2) is 55.5 Å². The molecule has 31 heavy (non-hydrogen) atoms. The third-order valence-corrected chi connectivity index (χ3v) is 10.3. The molecular weight excluding hydrogens is 440 g/mol. The van der Waals surface area contributed by atoms with E-state index in [-0.39, 0.29) is 23.8 Å². The highest BCUT2D eigenvalue weighted by Crippen LogP contribution is 2.69. The van der Waals surface area contributed by atoms with Gasteiger partial charge in [-0.05, 0) is 23.3 Å². The van der Waals surface area contributed by atoms with Crippen molar-refractivity contribution in [3.8, 4) is 0 Å². The van der Waals surface area contributed by atoms with Crippen LogP contribution in [0.15, 0.2) is 48.3 Å². The summed E-state index contributed by atoms with van der Waals surface area (Å²) in [6.07, 6.45) is 9.93. The van der Waals surface area contributed by atoms with Crippen LogP contribution in [0.3, 0.4) is 0 Å². The average molecular weight is 461 g/mol. The molecule has 5 fully saturated rings. The van der Waals surface area contributed by atoms with Crippen LogP contribution < -0.4 is 0 Å². The molecular formula is C21H20N2O6S2. The molecule has 7 rings (SSSR count). The molecule has 0 radical (unpaired) electrons. The van der Waals surface area contributed by atoms with Crippen LogP contribution in [0, 0.1) is 5.92 Å². The molecule has 2 spiro atoms. The second kappa shape index (κ2) is 6.35. The fraction of sp³-hybridized carbons (Fsp3) is 0.476. The topological polar surface area (TPSA) is 85.4 Å². The summed E-state index contributed by atoms with van der Waals surface area (Å²) in [6.45, 7) is 3.37. The van der Waals surface area contributed by atoms with E-state index in [0.717, 1.165) is 11.1 Å². The van der Waals surface area contributed by atoms with Gasteiger partial charge in [-0.2, -0.15) is 0 Å². The summed E-state index contributed by atoms with van der Waals surface area (Å²) in [7, 11) is 2.91. The molecule has 6 atom stereocenters. The lowest BCUT2D eigenvalue weighted by Gasteiger charge is -2.58. The first-order chi connectivity index (χ1) is 14.9. The van der Waals surface area contributed by atoms with E-state index in [1.807, 2.05) is 13.0 Å².